The third-order valence-corrected chi connectivity index (χ3v) is 6.41. The molecule has 1 aliphatic carbocycles. The maximum atomic E-state index is 13.5. The molecule has 0 radical (unpaired) electrons. The molecule has 3 nitrogen and oxygen atoms in total. The molecule has 28 heavy (non-hydrogen) atoms. The van der Waals surface area contributed by atoms with Crippen LogP contribution in [0, 0.1) is 0 Å². The van der Waals surface area contributed by atoms with Gasteiger partial charge in [0.25, 0.3) is 0 Å². The molecule has 1 aromatic carbocycles. The summed E-state index contributed by atoms with van der Waals surface area (Å²) in [6.07, 6.45) is 4.15. The number of allylic oxidation sites excluding steroid dienone is 3. The lowest BCUT2D eigenvalue weighted by atomic mass is 9.96. The number of carboxylic acid groups (broad SMARTS) is 1. The standard InChI is InChI=1S/C20H24F3NO2S2/c21-20(22,23)17(10-12-27-13-11-18(24)19(25)26)14-6-8-16(9-7-14)28-15-4-2-1-3-5-15/h2,4-9,17-18H,1,3,10-13,24H2,(H,25,26). The Morgan fingerprint density at radius 1 is 1.14 bits per heavy atom. The molecule has 0 fully saturated rings. The molecular formula is C20H24F3NO2S2. The van der Waals surface area contributed by atoms with Gasteiger partial charge in [-0.15, -0.1) is 0 Å². The first-order chi connectivity index (χ1) is 13.3. The molecule has 8 heteroatoms. The Balaban J connectivity index is 1.90. The van der Waals surface area contributed by atoms with Crippen LogP contribution in [0.15, 0.2) is 52.3 Å². The van der Waals surface area contributed by atoms with Crippen LogP contribution in [-0.4, -0.2) is 34.8 Å². The number of hydrogen-bond donors (Lipinski definition) is 2. The third-order valence-electron chi connectivity index (χ3n) is 4.32. The zero-order chi connectivity index (χ0) is 20.6. The fraction of sp³-hybridized carbons (Fsp3) is 0.450. The summed E-state index contributed by atoms with van der Waals surface area (Å²) in [4.78, 5) is 12.7. The highest BCUT2D eigenvalue weighted by Crippen LogP contribution is 2.39. The van der Waals surface area contributed by atoms with E-state index in [0.717, 1.165) is 22.6 Å². The highest BCUT2D eigenvalue weighted by atomic mass is 32.2. The normalized spacial score (nSPS) is 16.5. The summed E-state index contributed by atoms with van der Waals surface area (Å²) in [6, 6.07) is 5.62. The van der Waals surface area contributed by atoms with Gasteiger partial charge in [-0.1, -0.05) is 42.1 Å². The van der Waals surface area contributed by atoms with E-state index in [-0.39, 0.29) is 18.4 Å². The molecule has 2 rings (SSSR count). The second-order valence-corrected chi connectivity index (χ2v) is 8.86. The number of carboxylic acids is 1. The molecule has 2 unspecified atom stereocenters. The van der Waals surface area contributed by atoms with Crippen molar-refractivity contribution in [3.63, 3.8) is 0 Å². The molecule has 0 saturated heterocycles. The molecule has 0 aliphatic heterocycles. The van der Waals surface area contributed by atoms with E-state index in [2.05, 4.69) is 12.2 Å². The molecule has 0 bridgehead atoms. The van der Waals surface area contributed by atoms with Crippen molar-refractivity contribution in [1.82, 2.24) is 0 Å². The number of rotatable bonds is 10. The van der Waals surface area contributed by atoms with Crippen LogP contribution in [0.2, 0.25) is 0 Å². The summed E-state index contributed by atoms with van der Waals surface area (Å²) < 4.78 is 40.5. The van der Waals surface area contributed by atoms with Gasteiger partial charge < -0.3 is 10.8 Å². The predicted octanol–water partition coefficient (Wildman–Crippen LogP) is 5.58. The van der Waals surface area contributed by atoms with Crippen LogP contribution in [0.5, 0.6) is 0 Å². The van der Waals surface area contributed by atoms with Crippen molar-refractivity contribution in [2.75, 3.05) is 11.5 Å². The maximum Gasteiger partial charge on any atom is 0.395 e. The van der Waals surface area contributed by atoms with Crippen molar-refractivity contribution >= 4 is 29.5 Å². The fourth-order valence-electron chi connectivity index (χ4n) is 2.73. The van der Waals surface area contributed by atoms with Crippen molar-refractivity contribution in [1.29, 1.82) is 0 Å². The summed E-state index contributed by atoms with van der Waals surface area (Å²) in [5.41, 5.74) is 5.65. The van der Waals surface area contributed by atoms with E-state index >= 15 is 0 Å². The number of alkyl halides is 3. The van der Waals surface area contributed by atoms with E-state index in [4.69, 9.17) is 10.8 Å². The van der Waals surface area contributed by atoms with Gasteiger partial charge in [0.1, 0.15) is 6.04 Å². The lowest BCUT2D eigenvalue weighted by molar-refractivity contribution is -0.150. The average molecular weight is 432 g/mol. The van der Waals surface area contributed by atoms with Crippen LogP contribution < -0.4 is 5.73 Å². The highest BCUT2D eigenvalue weighted by molar-refractivity contribution is 8.03. The summed E-state index contributed by atoms with van der Waals surface area (Å²) in [5, 5.41) is 8.72. The highest BCUT2D eigenvalue weighted by Gasteiger charge is 2.40. The Morgan fingerprint density at radius 2 is 1.82 bits per heavy atom. The van der Waals surface area contributed by atoms with Crippen LogP contribution >= 0.6 is 23.5 Å². The van der Waals surface area contributed by atoms with E-state index < -0.39 is 24.1 Å². The molecular weight excluding hydrogens is 407 g/mol. The number of carbonyl (C=O) groups is 1. The lowest BCUT2D eigenvalue weighted by Crippen LogP contribution is -2.30. The summed E-state index contributed by atoms with van der Waals surface area (Å²) in [5.74, 6) is -1.90. The van der Waals surface area contributed by atoms with E-state index in [1.54, 1.807) is 36.0 Å². The summed E-state index contributed by atoms with van der Waals surface area (Å²) >= 11 is 2.85. The molecule has 0 heterocycles. The molecule has 2 atom stereocenters. The first-order valence-corrected chi connectivity index (χ1v) is 11.0. The fourth-order valence-corrected chi connectivity index (χ4v) is 4.66. The monoisotopic (exact) mass is 431 g/mol. The van der Waals surface area contributed by atoms with Gasteiger partial charge >= 0.3 is 12.1 Å². The van der Waals surface area contributed by atoms with Crippen LogP contribution in [0.25, 0.3) is 0 Å². The Labute approximate surface area is 171 Å². The van der Waals surface area contributed by atoms with Gasteiger partial charge in [0.15, 0.2) is 0 Å². The van der Waals surface area contributed by atoms with E-state index in [1.165, 1.54) is 11.8 Å². The Kier molecular flexibility index (Phi) is 8.98. The minimum atomic E-state index is -4.32. The van der Waals surface area contributed by atoms with Gasteiger partial charge in [0.05, 0.1) is 5.92 Å². The predicted molar refractivity (Wildman–Crippen MR) is 110 cm³/mol. The van der Waals surface area contributed by atoms with Crippen LogP contribution in [-0.2, 0) is 4.79 Å². The quantitative estimate of drug-likeness (QED) is 0.473. The maximum absolute atomic E-state index is 13.5. The van der Waals surface area contributed by atoms with Crippen LogP contribution in [0.1, 0.15) is 37.2 Å². The minimum Gasteiger partial charge on any atom is -0.480 e. The molecule has 0 aromatic heterocycles. The largest absolute Gasteiger partial charge is 0.480 e. The van der Waals surface area contributed by atoms with Gasteiger partial charge in [0.2, 0.25) is 0 Å². The van der Waals surface area contributed by atoms with Crippen molar-refractivity contribution in [2.45, 2.75) is 48.7 Å². The van der Waals surface area contributed by atoms with Crippen LogP contribution in [0.4, 0.5) is 13.2 Å². The second kappa shape index (κ2) is 11.0. The van der Waals surface area contributed by atoms with E-state index in [1.807, 2.05) is 6.08 Å². The van der Waals surface area contributed by atoms with Crippen molar-refractivity contribution in [3.05, 3.63) is 53.0 Å². The van der Waals surface area contributed by atoms with Gasteiger partial charge in [0, 0.05) is 9.80 Å². The molecule has 0 spiro atoms. The van der Waals surface area contributed by atoms with Crippen molar-refractivity contribution in [2.24, 2.45) is 5.73 Å². The van der Waals surface area contributed by atoms with E-state index in [0.29, 0.717) is 11.5 Å². The molecule has 3 N–H and O–H groups in total. The minimum absolute atomic E-state index is 0.0448. The number of nitrogens with two attached hydrogens (primary N) is 1. The molecule has 0 amide bonds. The van der Waals surface area contributed by atoms with Crippen LogP contribution in [0.3, 0.4) is 0 Å². The van der Waals surface area contributed by atoms with Gasteiger partial charge in [-0.25, -0.2) is 0 Å². The lowest BCUT2D eigenvalue weighted by Gasteiger charge is -2.21. The second-order valence-electron chi connectivity index (χ2n) is 6.49. The summed E-state index contributed by atoms with van der Waals surface area (Å²) in [7, 11) is 0. The SMILES string of the molecule is NC(CCSCCC(c1ccc(SC2=CCCC=C2)cc1)C(F)(F)F)C(=O)O. The first-order valence-electron chi connectivity index (χ1n) is 9.04. The zero-order valence-electron chi connectivity index (χ0n) is 15.3. The molecule has 1 aliphatic rings. The zero-order valence-corrected chi connectivity index (χ0v) is 17.0. The Morgan fingerprint density at radius 3 is 2.39 bits per heavy atom. The van der Waals surface area contributed by atoms with Gasteiger partial charge in [-0.05, 0) is 54.9 Å². The number of halogens is 3. The van der Waals surface area contributed by atoms with Crippen molar-refractivity contribution < 1.29 is 23.1 Å². The Bertz CT molecular complexity index is 702. The Hall–Kier alpha value is -1.38. The number of benzene rings is 1. The average Bonchev–Trinajstić information content (AvgIpc) is 2.65. The summed E-state index contributed by atoms with van der Waals surface area (Å²) in [6.45, 7) is 0. The van der Waals surface area contributed by atoms with Gasteiger partial charge in [-0.2, -0.15) is 24.9 Å². The molecule has 0 saturated carbocycles. The van der Waals surface area contributed by atoms with Gasteiger partial charge in [-0.3, -0.25) is 4.79 Å². The molecule has 154 valence electrons. The number of hydrogen-bond acceptors (Lipinski definition) is 4. The number of aliphatic carboxylic acids is 1. The van der Waals surface area contributed by atoms with Crippen molar-refractivity contribution in [3.8, 4) is 0 Å². The topological polar surface area (TPSA) is 63.3 Å². The number of thioether (sulfide) groups is 2. The first kappa shape index (κ1) is 22.9. The van der Waals surface area contributed by atoms with E-state index in [9.17, 15) is 18.0 Å². The third kappa shape index (κ3) is 7.56. The molecule has 1 aromatic rings. The smallest absolute Gasteiger partial charge is 0.395 e.